The van der Waals surface area contributed by atoms with Crippen LogP contribution >= 0.6 is 0 Å². The highest BCUT2D eigenvalue weighted by atomic mass is 19.1. The van der Waals surface area contributed by atoms with Gasteiger partial charge in [-0.25, -0.2) is 9.37 Å². The number of nitrogens with one attached hydrogen (secondary N) is 1. The van der Waals surface area contributed by atoms with Gasteiger partial charge in [0.25, 0.3) is 5.91 Å². The molecule has 104 valence electrons. The van der Waals surface area contributed by atoms with Gasteiger partial charge in [0.2, 0.25) is 5.88 Å². The Kier molecular flexibility index (Phi) is 4.60. The number of rotatable bonds is 5. The predicted molar refractivity (Wildman–Crippen MR) is 70.8 cm³/mol. The molecule has 2 heterocycles. The summed E-state index contributed by atoms with van der Waals surface area (Å²) in [5.41, 5.74) is 0.930. The van der Waals surface area contributed by atoms with E-state index in [4.69, 9.17) is 4.74 Å². The molecule has 0 atom stereocenters. The van der Waals surface area contributed by atoms with Gasteiger partial charge in [0.1, 0.15) is 5.82 Å². The maximum Gasteiger partial charge on any atom is 0.253 e. The number of pyridine rings is 2. The molecule has 0 bridgehead atoms. The first-order valence-electron chi connectivity index (χ1n) is 6.16. The Balaban J connectivity index is 2.03. The van der Waals surface area contributed by atoms with Crippen LogP contribution in [0.2, 0.25) is 0 Å². The van der Waals surface area contributed by atoms with Gasteiger partial charge in [0.05, 0.1) is 18.4 Å². The van der Waals surface area contributed by atoms with Gasteiger partial charge < -0.3 is 10.1 Å². The van der Waals surface area contributed by atoms with Crippen LogP contribution in [0.4, 0.5) is 4.39 Å². The molecule has 0 unspecified atom stereocenters. The van der Waals surface area contributed by atoms with E-state index in [1.54, 1.807) is 12.3 Å². The number of hydrogen-bond donors (Lipinski definition) is 1. The second-order valence-corrected chi connectivity index (χ2v) is 3.98. The summed E-state index contributed by atoms with van der Waals surface area (Å²) in [6.07, 6.45) is 3.98. The smallest absolute Gasteiger partial charge is 0.253 e. The van der Waals surface area contributed by atoms with E-state index in [0.29, 0.717) is 12.5 Å². The number of amides is 1. The molecule has 20 heavy (non-hydrogen) atoms. The van der Waals surface area contributed by atoms with Crippen molar-refractivity contribution in [2.24, 2.45) is 0 Å². The van der Waals surface area contributed by atoms with Gasteiger partial charge in [-0.3, -0.25) is 9.78 Å². The van der Waals surface area contributed by atoms with Gasteiger partial charge in [0.15, 0.2) is 0 Å². The van der Waals surface area contributed by atoms with Crippen LogP contribution in [0.5, 0.6) is 5.88 Å². The van der Waals surface area contributed by atoms with Gasteiger partial charge in [-0.1, -0.05) is 6.07 Å². The highest BCUT2D eigenvalue weighted by Gasteiger charge is 2.09. The van der Waals surface area contributed by atoms with Crippen molar-refractivity contribution >= 4 is 5.91 Å². The van der Waals surface area contributed by atoms with E-state index in [9.17, 15) is 9.18 Å². The Bertz CT molecular complexity index is 604. The number of aromatic nitrogens is 2. The zero-order valence-corrected chi connectivity index (χ0v) is 11.0. The number of nitrogens with zero attached hydrogens (tertiary/aromatic N) is 2. The molecule has 0 spiro atoms. The van der Waals surface area contributed by atoms with Crippen molar-refractivity contribution in [2.45, 2.75) is 13.5 Å². The van der Waals surface area contributed by atoms with E-state index >= 15 is 0 Å². The van der Waals surface area contributed by atoms with Crippen LogP contribution in [0.15, 0.2) is 36.8 Å². The maximum absolute atomic E-state index is 13.0. The molecular formula is C14H14FN3O2. The second kappa shape index (κ2) is 6.60. The van der Waals surface area contributed by atoms with Crippen LogP contribution in [0.1, 0.15) is 22.8 Å². The van der Waals surface area contributed by atoms with Crippen molar-refractivity contribution < 1.29 is 13.9 Å². The summed E-state index contributed by atoms with van der Waals surface area (Å²) >= 11 is 0. The number of carbonyl (C=O) groups is 1. The van der Waals surface area contributed by atoms with Gasteiger partial charge in [-0.15, -0.1) is 0 Å². The first-order valence-corrected chi connectivity index (χ1v) is 6.16. The zero-order valence-electron chi connectivity index (χ0n) is 11.0. The normalized spacial score (nSPS) is 10.1. The van der Waals surface area contributed by atoms with Crippen molar-refractivity contribution in [3.05, 3.63) is 53.7 Å². The molecule has 0 saturated heterocycles. The molecule has 0 fully saturated rings. The second-order valence-electron chi connectivity index (χ2n) is 3.98. The Morgan fingerprint density at radius 3 is 3.05 bits per heavy atom. The van der Waals surface area contributed by atoms with Crippen LogP contribution in [-0.4, -0.2) is 22.5 Å². The molecule has 0 aromatic carbocycles. The lowest BCUT2D eigenvalue weighted by Gasteiger charge is -2.09. The van der Waals surface area contributed by atoms with E-state index in [1.165, 1.54) is 6.20 Å². The molecule has 0 aliphatic heterocycles. The SMILES string of the molecule is CCOc1ncccc1CNC(=O)c1cncc(F)c1. The number of hydrogen-bond acceptors (Lipinski definition) is 4. The lowest BCUT2D eigenvalue weighted by Crippen LogP contribution is -2.23. The quantitative estimate of drug-likeness (QED) is 0.905. The molecule has 2 rings (SSSR count). The summed E-state index contributed by atoms with van der Waals surface area (Å²) in [7, 11) is 0. The highest BCUT2D eigenvalue weighted by molar-refractivity contribution is 5.93. The largest absolute Gasteiger partial charge is 0.478 e. The third-order valence-corrected chi connectivity index (χ3v) is 2.54. The first-order chi connectivity index (χ1) is 9.70. The molecule has 0 radical (unpaired) electrons. The van der Waals surface area contributed by atoms with E-state index < -0.39 is 11.7 Å². The summed E-state index contributed by atoms with van der Waals surface area (Å²) in [6, 6.07) is 4.70. The monoisotopic (exact) mass is 275 g/mol. The van der Waals surface area contributed by atoms with Crippen molar-refractivity contribution in [3.8, 4) is 5.88 Å². The minimum atomic E-state index is -0.547. The summed E-state index contributed by atoms with van der Waals surface area (Å²) in [5, 5.41) is 2.68. The fraction of sp³-hybridized carbons (Fsp3) is 0.214. The van der Waals surface area contributed by atoms with Crippen LogP contribution in [0.25, 0.3) is 0 Å². The van der Waals surface area contributed by atoms with Gasteiger partial charge in [0, 0.05) is 24.5 Å². The lowest BCUT2D eigenvalue weighted by molar-refractivity contribution is 0.0949. The third-order valence-electron chi connectivity index (χ3n) is 2.54. The van der Waals surface area contributed by atoms with E-state index in [2.05, 4.69) is 15.3 Å². The molecule has 5 nitrogen and oxygen atoms in total. The molecule has 1 amide bonds. The lowest BCUT2D eigenvalue weighted by atomic mass is 10.2. The molecule has 0 aliphatic rings. The van der Waals surface area contributed by atoms with Crippen molar-refractivity contribution in [1.29, 1.82) is 0 Å². The first kappa shape index (κ1) is 13.9. The summed E-state index contributed by atoms with van der Waals surface area (Å²) in [5.74, 6) is -0.468. The summed E-state index contributed by atoms with van der Waals surface area (Å²) in [4.78, 5) is 19.6. The molecule has 0 saturated carbocycles. The Labute approximate surface area is 115 Å². The minimum Gasteiger partial charge on any atom is -0.478 e. The summed E-state index contributed by atoms with van der Waals surface area (Å²) < 4.78 is 18.3. The fourth-order valence-corrected chi connectivity index (χ4v) is 1.64. The van der Waals surface area contributed by atoms with Crippen LogP contribution in [-0.2, 0) is 6.54 Å². The topological polar surface area (TPSA) is 64.1 Å². The van der Waals surface area contributed by atoms with Gasteiger partial charge in [-0.05, 0) is 19.1 Å². The van der Waals surface area contributed by atoms with Crippen LogP contribution in [0.3, 0.4) is 0 Å². The molecular weight excluding hydrogens is 261 g/mol. The average Bonchev–Trinajstić information content (AvgIpc) is 2.46. The molecule has 2 aromatic rings. The number of carbonyl (C=O) groups excluding carboxylic acids is 1. The molecule has 1 N–H and O–H groups in total. The maximum atomic E-state index is 13.0. The van der Waals surface area contributed by atoms with E-state index in [-0.39, 0.29) is 12.1 Å². The highest BCUT2D eigenvalue weighted by Crippen LogP contribution is 2.14. The van der Waals surface area contributed by atoms with E-state index in [1.807, 2.05) is 13.0 Å². The van der Waals surface area contributed by atoms with E-state index in [0.717, 1.165) is 17.8 Å². The van der Waals surface area contributed by atoms with Crippen molar-refractivity contribution in [2.75, 3.05) is 6.61 Å². The van der Waals surface area contributed by atoms with Crippen LogP contribution in [0, 0.1) is 5.82 Å². The zero-order chi connectivity index (χ0) is 14.4. The predicted octanol–water partition coefficient (Wildman–Crippen LogP) is 1.94. The van der Waals surface area contributed by atoms with Crippen molar-refractivity contribution in [1.82, 2.24) is 15.3 Å². The Morgan fingerprint density at radius 2 is 2.30 bits per heavy atom. The molecule has 6 heteroatoms. The standard InChI is InChI=1S/C14H14FN3O2/c1-2-20-14-10(4-3-5-17-14)8-18-13(19)11-6-12(15)9-16-7-11/h3-7,9H,2,8H2,1H3,(H,18,19). The van der Waals surface area contributed by atoms with Gasteiger partial charge in [-0.2, -0.15) is 0 Å². The number of ether oxygens (including phenoxy) is 1. The third kappa shape index (κ3) is 3.50. The fourth-order valence-electron chi connectivity index (χ4n) is 1.64. The number of halogens is 1. The molecule has 0 aliphatic carbocycles. The Hall–Kier alpha value is -2.50. The van der Waals surface area contributed by atoms with Crippen molar-refractivity contribution in [3.63, 3.8) is 0 Å². The Morgan fingerprint density at radius 1 is 1.45 bits per heavy atom. The summed E-state index contributed by atoms with van der Waals surface area (Å²) in [6.45, 7) is 2.60. The van der Waals surface area contributed by atoms with Gasteiger partial charge >= 0.3 is 0 Å². The average molecular weight is 275 g/mol. The minimum absolute atomic E-state index is 0.173. The van der Waals surface area contributed by atoms with Crippen LogP contribution < -0.4 is 10.1 Å². The molecule has 2 aromatic heterocycles.